The summed E-state index contributed by atoms with van der Waals surface area (Å²) in [5.74, 6) is -0.689. The molecule has 2 N–H and O–H groups in total. The Hall–Kier alpha value is -0.830. The van der Waals surface area contributed by atoms with E-state index in [1.807, 2.05) is 0 Å². The van der Waals surface area contributed by atoms with Gasteiger partial charge in [0, 0.05) is 6.42 Å². The van der Waals surface area contributed by atoms with E-state index in [1.165, 1.54) is 19.3 Å². The zero-order valence-electron chi connectivity index (χ0n) is 12.3. The maximum Gasteiger partial charge on any atom is 0.303 e. The third-order valence-electron chi connectivity index (χ3n) is 3.24. The van der Waals surface area contributed by atoms with E-state index in [2.05, 4.69) is 19.1 Å². The monoisotopic (exact) mass is 270 g/mol. The zero-order valence-corrected chi connectivity index (χ0v) is 12.3. The van der Waals surface area contributed by atoms with Crippen LogP contribution in [-0.4, -0.2) is 22.3 Å². The summed E-state index contributed by atoms with van der Waals surface area (Å²) in [5.41, 5.74) is 0. The SMILES string of the molecule is CCC=CCC(O)CCCCCCCCCC(=O)O. The first-order chi connectivity index (χ1) is 9.16. The molecule has 112 valence electrons. The van der Waals surface area contributed by atoms with Crippen LogP contribution < -0.4 is 0 Å². The van der Waals surface area contributed by atoms with E-state index in [-0.39, 0.29) is 6.10 Å². The van der Waals surface area contributed by atoms with E-state index in [4.69, 9.17) is 5.11 Å². The second-order valence-corrected chi connectivity index (χ2v) is 5.18. The van der Waals surface area contributed by atoms with Crippen molar-refractivity contribution in [3.05, 3.63) is 12.2 Å². The summed E-state index contributed by atoms with van der Waals surface area (Å²) in [6, 6.07) is 0. The number of aliphatic hydroxyl groups excluding tert-OH is 1. The van der Waals surface area contributed by atoms with Crippen LogP contribution in [0.15, 0.2) is 12.2 Å². The summed E-state index contributed by atoms with van der Waals surface area (Å²) in [6.07, 6.45) is 14.6. The fourth-order valence-corrected chi connectivity index (χ4v) is 2.08. The Bertz CT molecular complexity index is 236. The standard InChI is InChI=1S/C16H30O3/c1-2-3-9-12-15(17)13-10-7-5-4-6-8-11-14-16(18)19/h3,9,15,17H,2,4-8,10-14H2,1H3,(H,18,19). The van der Waals surface area contributed by atoms with Crippen molar-refractivity contribution in [1.29, 1.82) is 0 Å². The van der Waals surface area contributed by atoms with Crippen LogP contribution in [0, 0.1) is 0 Å². The van der Waals surface area contributed by atoms with Crippen molar-refractivity contribution >= 4 is 5.97 Å². The number of hydrogen-bond acceptors (Lipinski definition) is 2. The Balaban J connectivity index is 3.17. The van der Waals surface area contributed by atoms with Crippen LogP contribution in [0.1, 0.15) is 77.6 Å². The number of unbranched alkanes of at least 4 members (excludes halogenated alkanes) is 6. The summed E-state index contributed by atoms with van der Waals surface area (Å²) >= 11 is 0. The highest BCUT2D eigenvalue weighted by atomic mass is 16.4. The molecule has 0 radical (unpaired) electrons. The molecule has 0 aromatic rings. The van der Waals surface area contributed by atoms with Crippen molar-refractivity contribution in [2.75, 3.05) is 0 Å². The highest BCUT2D eigenvalue weighted by Gasteiger charge is 2.01. The maximum atomic E-state index is 10.3. The van der Waals surface area contributed by atoms with E-state index in [9.17, 15) is 9.90 Å². The van der Waals surface area contributed by atoms with Gasteiger partial charge in [-0.15, -0.1) is 0 Å². The third kappa shape index (κ3) is 15.1. The van der Waals surface area contributed by atoms with E-state index < -0.39 is 5.97 Å². The number of aliphatic hydroxyl groups is 1. The molecule has 0 amide bonds. The molecule has 0 aliphatic rings. The second-order valence-electron chi connectivity index (χ2n) is 5.18. The molecule has 0 aromatic heterocycles. The molecule has 0 spiro atoms. The molecule has 3 nitrogen and oxygen atoms in total. The summed E-state index contributed by atoms with van der Waals surface area (Å²) in [6.45, 7) is 2.10. The Labute approximate surface area is 117 Å². The molecule has 0 heterocycles. The fraction of sp³-hybridized carbons (Fsp3) is 0.812. The van der Waals surface area contributed by atoms with Crippen molar-refractivity contribution in [3.8, 4) is 0 Å². The van der Waals surface area contributed by atoms with Crippen molar-refractivity contribution < 1.29 is 15.0 Å². The lowest BCUT2D eigenvalue weighted by Crippen LogP contribution is -2.04. The molecule has 1 atom stereocenters. The lowest BCUT2D eigenvalue weighted by molar-refractivity contribution is -0.137. The summed E-state index contributed by atoms with van der Waals surface area (Å²) < 4.78 is 0. The number of rotatable bonds is 13. The van der Waals surface area contributed by atoms with E-state index in [0.29, 0.717) is 6.42 Å². The summed E-state index contributed by atoms with van der Waals surface area (Å²) in [7, 11) is 0. The Morgan fingerprint density at radius 1 is 1.00 bits per heavy atom. The van der Waals surface area contributed by atoms with Crippen LogP contribution in [-0.2, 0) is 4.79 Å². The third-order valence-corrected chi connectivity index (χ3v) is 3.24. The highest BCUT2D eigenvalue weighted by Crippen LogP contribution is 2.12. The van der Waals surface area contributed by atoms with Gasteiger partial charge in [0.15, 0.2) is 0 Å². The average Bonchev–Trinajstić information content (AvgIpc) is 2.36. The van der Waals surface area contributed by atoms with Crippen LogP contribution in [0.4, 0.5) is 0 Å². The quantitative estimate of drug-likeness (QED) is 0.387. The van der Waals surface area contributed by atoms with Crippen molar-refractivity contribution in [2.24, 2.45) is 0 Å². The lowest BCUT2D eigenvalue weighted by Gasteiger charge is -2.07. The molecule has 0 aliphatic heterocycles. The van der Waals surface area contributed by atoms with Gasteiger partial charge >= 0.3 is 5.97 Å². The number of carbonyl (C=O) groups is 1. The predicted octanol–water partition coefficient (Wildman–Crippen LogP) is 4.30. The minimum Gasteiger partial charge on any atom is -0.481 e. The largest absolute Gasteiger partial charge is 0.481 e. The Morgan fingerprint density at radius 2 is 1.58 bits per heavy atom. The maximum absolute atomic E-state index is 10.3. The van der Waals surface area contributed by atoms with Crippen LogP contribution in [0.3, 0.4) is 0 Å². The van der Waals surface area contributed by atoms with Gasteiger partial charge in [0.25, 0.3) is 0 Å². The molecule has 3 heteroatoms. The molecule has 0 rings (SSSR count). The molecule has 0 saturated carbocycles. The zero-order chi connectivity index (χ0) is 14.3. The van der Waals surface area contributed by atoms with Crippen LogP contribution in [0.5, 0.6) is 0 Å². The Morgan fingerprint density at radius 3 is 2.16 bits per heavy atom. The molecule has 0 aromatic carbocycles. The second kappa shape index (κ2) is 13.6. The van der Waals surface area contributed by atoms with Gasteiger partial charge in [-0.1, -0.05) is 57.6 Å². The lowest BCUT2D eigenvalue weighted by atomic mass is 10.0. The molecule has 0 saturated heterocycles. The number of aliphatic carboxylic acids is 1. The molecular weight excluding hydrogens is 240 g/mol. The number of carboxylic acids is 1. The van der Waals surface area contributed by atoms with Crippen LogP contribution in [0.2, 0.25) is 0 Å². The predicted molar refractivity (Wildman–Crippen MR) is 79.2 cm³/mol. The number of allylic oxidation sites excluding steroid dienone is 1. The van der Waals surface area contributed by atoms with E-state index >= 15 is 0 Å². The molecule has 0 bridgehead atoms. The first-order valence-corrected chi connectivity index (χ1v) is 7.71. The van der Waals surface area contributed by atoms with Gasteiger partial charge in [0.2, 0.25) is 0 Å². The number of hydrogen-bond donors (Lipinski definition) is 2. The van der Waals surface area contributed by atoms with E-state index in [1.54, 1.807) is 0 Å². The van der Waals surface area contributed by atoms with Gasteiger partial charge in [-0.3, -0.25) is 4.79 Å². The van der Waals surface area contributed by atoms with Gasteiger partial charge in [0.1, 0.15) is 0 Å². The average molecular weight is 270 g/mol. The van der Waals surface area contributed by atoms with Gasteiger partial charge in [-0.2, -0.15) is 0 Å². The van der Waals surface area contributed by atoms with Crippen molar-refractivity contribution in [1.82, 2.24) is 0 Å². The van der Waals surface area contributed by atoms with Gasteiger partial charge < -0.3 is 10.2 Å². The fourth-order valence-electron chi connectivity index (χ4n) is 2.08. The minimum atomic E-state index is -0.689. The van der Waals surface area contributed by atoms with Crippen molar-refractivity contribution in [2.45, 2.75) is 83.7 Å². The van der Waals surface area contributed by atoms with Gasteiger partial charge in [-0.25, -0.2) is 0 Å². The normalized spacial score (nSPS) is 12.9. The number of carboxylic acid groups (broad SMARTS) is 1. The molecule has 0 aliphatic carbocycles. The molecule has 19 heavy (non-hydrogen) atoms. The topological polar surface area (TPSA) is 57.5 Å². The van der Waals surface area contributed by atoms with Crippen LogP contribution >= 0.6 is 0 Å². The van der Waals surface area contributed by atoms with Gasteiger partial charge in [0.05, 0.1) is 6.10 Å². The molecule has 0 fully saturated rings. The first kappa shape index (κ1) is 18.2. The smallest absolute Gasteiger partial charge is 0.303 e. The molecule has 1 unspecified atom stereocenters. The van der Waals surface area contributed by atoms with Crippen molar-refractivity contribution in [3.63, 3.8) is 0 Å². The summed E-state index contributed by atoms with van der Waals surface area (Å²) in [4.78, 5) is 10.3. The molecular formula is C16H30O3. The minimum absolute atomic E-state index is 0.182. The van der Waals surface area contributed by atoms with Gasteiger partial charge in [-0.05, 0) is 25.7 Å². The van der Waals surface area contributed by atoms with Crippen LogP contribution in [0.25, 0.3) is 0 Å². The highest BCUT2D eigenvalue weighted by molar-refractivity contribution is 5.66. The van der Waals surface area contributed by atoms with E-state index in [0.717, 1.165) is 44.9 Å². The summed E-state index contributed by atoms with van der Waals surface area (Å²) in [5, 5.41) is 18.2. The first-order valence-electron chi connectivity index (χ1n) is 7.71. The Kier molecular flexibility index (Phi) is 13.0.